The molecule has 0 aliphatic rings. The molecule has 3 rings (SSSR count). The van der Waals surface area contributed by atoms with E-state index in [0.29, 0.717) is 21.2 Å². The van der Waals surface area contributed by atoms with Crippen LogP contribution >= 0.6 is 23.2 Å². The summed E-state index contributed by atoms with van der Waals surface area (Å²) in [4.78, 5) is 48.8. The minimum Gasteiger partial charge on any atom is -0.454 e. The van der Waals surface area contributed by atoms with E-state index in [1.165, 1.54) is 30.3 Å². The minimum atomic E-state index is -0.834. The Morgan fingerprint density at radius 3 is 1.67 bits per heavy atom. The summed E-state index contributed by atoms with van der Waals surface area (Å²) in [5, 5.41) is 0.768. The van der Waals surface area contributed by atoms with Crippen molar-refractivity contribution < 1.29 is 28.7 Å². The van der Waals surface area contributed by atoms with E-state index >= 15 is 0 Å². The zero-order valence-electron chi connectivity index (χ0n) is 17.0. The predicted molar refractivity (Wildman–Crippen MR) is 123 cm³/mol. The number of halogens is 2. The van der Waals surface area contributed by atoms with Crippen LogP contribution in [0.5, 0.6) is 0 Å². The van der Waals surface area contributed by atoms with Crippen LogP contribution in [0, 0.1) is 0 Å². The second-order valence-corrected chi connectivity index (χ2v) is 7.69. The lowest BCUT2D eigenvalue weighted by molar-refractivity contribution is 0.0468. The van der Waals surface area contributed by atoms with Crippen LogP contribution in [0.1, 0.15) is 41.4 Å². The SMILES string of the molecule is Nc1cc(C(=O)OCC(=O)c2cccc(Cl)c2)ccc1C(=O)OCC(=O)c1cccc(Cl)c1. The average molecular weight is 486 g/mol. The number of nitrogens with two attached hydrogens (primary N) is 1. The molecule has 33 heavy (non-hydrogen) atoms. The van der Waals surface area contributed by atoms with Crippen molar-refractivity contribution in [3.8, 4) is 0 Å². The molecule has 168 valence electrons. The van der Waals surface area contributed by atoms with Gasteiger partial charge in [0.2, 0.25) is 0 Å². The Morgan fingerprint density at radius 1 is 0.667 bits per heavy atom. The molecule has 9 heteroatoms. The quantitative estimate of drug-likeness (QED) is 0.280. The lowest BCUT2D eigenvalue weighted by atomic mass is 10.1. The number of esters is 2. The molecule has 0 saturated heterocycles. The first kappa shape index (κ1) is 24.0. The fraction of sp³-hybridized carbons (Fsp3) is 0.0833. The maximum absolute atomic E-state index is 12.3. The van der Waals surface area contributed by atoms with Gasteiger partial charge in [-0.25, -0.2) is 9.59 Å². The second-order valence-electron chi connectivity index (χ2n) is 6.82. The van der Waals surface area contributed by atoms with Gasteiger partial charge in [-0.15, -0.1) is 0 Å². The van der Waals surface area contributed by atoms with Gasteiger partial charge in [-0.05, 0) is 42.5 Å². The number of carbonyl (C=O) groups excluding carboxylic acids is 4. The highest BCUT2D eigenvalue weighted by molar-refractivity contribution is 6.31. The number of anilines is 1. The van der Waals surface area contributed by atoms with E-state index in [2.05, 4.69) is 0 Å². The number of nitrogen functional groups attached to an aromatic ring is 1. The van der Waals surface area contributed by atoms with Crippen molar-refractivity contribution in [1.82, 2.24) is 0 Å². The number of benzene rings is 3. The molecule has 0 radical (unpaired) electrons. The highest BCUT2D eigenvalue weighted by Gasteiger charge is 2.18. The molecule has 7 nitrogen and oxygen atoms in total. The van der Waals surface area contributed by atoms with E-state index in [9.17, 15) is 19.2 Å². The number of Topliss-reactive ketones (excluding diaryl/α,β-unsaturated/α-hetero) is 2. The van der Waals surface area contributed by atoms with Crippen LogP contribution < -0.4 is 5.73 Å². The van der Waals surface area contributed by atoms with Crippen LogP contribution in [0.15, 0.2) is 66.7 Å². The van der Waals surface area contributed by atoms with Crippen molar-refractivity contribution >= 4 is 52.4 Å². The third-order valence-corrected chi connectivity index (χ3v) is 4.94. The summed E-state index contributed by atoms with van der Waals surface area (Å²) >= 11 is 11.7. The summed E-state index contributed by atoms with van der Waals surface area (Å²) in [6, 6.07) is 16.3. The fourth-order valence-corrected chi connectivity index (χ4v) is 3.17. The minimum absolute atomic E-state index is 0.0274. The predicted octanol–water partition coefficient (Wildman–Crippen LogP) is 4.66. The van der Waals surface area contributed by atoms with Crippen LogP contribution in [0.3, 0.4) is 0 Å². The van der Waals surface area contributed by atoms with Crippen molar-refractivity contribution in [1.29, 1.82) is 0 Å². The largest absolute Gasteiger partial charge is 0.454 e. The molecule has 0 unspecified atom stereocenters. The molecule has 0 atom stereocenters. The van der Waals surface area contributed by atoms with Crippen LogP contribution in [-0.2, 0) is 9.47 Å². The number of hydrogen-bond acceptors (Lipinski definition) is 7. The van der Waals surface area contributed by atoms with E-state index in [0.717, 1.165) is 0 Å². The Balaban J connectivity index is 1.58. The van der Waals surface area contributed by atoms with Crippen molar-refractivity contribution in [2.45, 2.75) is 0 Å². The molecule has 0 heterocycles. The van der Waals surface area contributed by atoms with Gasteiger partial charge in [-0.1, -0.05) is 47.5 Å². The summed E-state index contributed by atoms with van der Waals surface area (Å²) in [5.41, 5.74) is 6.44. The molecule has 0 spiro atoms. The van der Waals surface area contributed by atoms with E-state index in [1.807, 2.05) is 0 Å². The van der Waals surface area contributed by atoms with Gasteiger partial charge in [0, 0.05) is 26.9 Å². The first-order chi connectivity index (χ1) is 15.7. The van der Waals surface area contributed by atoms with Crippen molar-refractivity contribution in [3.05, 3.63) is 99.0 Å². The summed E-state index contributed by atoms with van der Waals surface area (Å²) < 4.78 is 10.0. The van der Waals surface area contributed by atoms with Gasteiger partial charge in [0.1, 0.15) is 0 Å². The molecule has 3 aromatic carbocycles. The van der Waals surface area contributed by atoms with Gasteiger partial charge < -0.3 is 15.2 Å². The first-order valence-electron chi connectivity index (χ1n) is 9.56. The molecular formula is C24H17Cl2NO6. The number of rotatable bonds is 8. The number of ether oxygens (including phenoxy) is 2. The first-order valence-corrected chi connectivity index (χ1v) is 10.3. The van der Waals surface area contributed by atoms with Gasteiger partial charge in [-0.2, -0.15) is 0 Å². The van der Waals surface area contributed by atoms with Crippen molar-refractivity contribution in [2.75, 3.05) is 18.9 Å². The molecule has 0 aromatic heterocycles. The second kappa shape index (κ2) is 10.8. The molecule has 0 amide bonds. The molecular weight excluding hydrogens is 469 g/mol. The Hall–Kier alpha value is -3.68. The van der Waals surface area contributed by atoms with Gasteiger partial charge in [-0.3, -0.25) is 9.59 Å². The highest BCUT2D eigenvalue weighted by atomic mass is 35.5. The number of carbonyl (C=O) groups is 4. The average Bonchev–Trinajstić information content (AvgIpc) is 2.80. The molecule has 0 aliphatic carbocycles. The van der Waals surface area contributed by atoms with Crippen molar-refractivity contribution in [3.63, 3.8) is 0 Å². The van der Waals surface area contributed by atoms with Gasteiger partial charge in [0.25, 0.3) is 0 Å². The third kappa shape index (κ3) is 6.41. The summed E-state index contributed by atoms with van der Waals surface area (Å²) in [6.07, 6.45) is 0. The van der Waals surface area contributed by atoms with E-state index in [-0.39, 0.29) is 16.8 Å². The van der Waals surface area contributed by atoms with E-state index in [1.54, 1.807) is 36.4 Å². The Kier molecular flexibility index (Phi) is 7.82. The summed E-state index contributed by atoms with van der Waals surface area (Å²) in [7, 11) is 0. The molecule has 0 saturated carbocycles. The Morgan fingerprint density at radius 2 is 1.18 bits per heavy atom. The number of ketones is 2. The smallest absolute Gasteiger partial charge is 0.340 e. The Bertz CT molecular complexity index is 1240. The molecule has 2 N–H and O–H groups in total. The van der Waals surface area contributed by atoms with Gasteiger partial charge in [0.15, 0.2) is 24.8 Å². The highest BCUT2D eigenvalue weighted by Crippen LogP contribution is 2.18. The zero-order valence-corrected chi connectivity index (χ0v) is 18.6. The van der Waals surface area contributed by atoms with Crippen LogP contribution in [0.25, 0.3) is 0 Å². The van der Waals surface area contributed by atoms with Gasteiger partial charge in [0.05, 0.1) is 11.1 Å². The van der Waals surface area contributed by atoms with E-state index in [4.69, 9.17) is 38.4 Å². The maximum atomic E-state index is 12.3. The van der Waals surface area contributed by atoms with Gasteiger partial charge >= 0.3 is 11.9 Å². The fourth-order valence-electron chi connectivity index (χ4n) is 2.79. The molecule has 0 bridgehead atoms. The van der Waals surface area contributed by atoms with Crippen molar-refractivity contribution in [2.24, 2.45) is 0 Å². The molecule has 0 fully saturated rings. The summed E-state index contributed by atoms with van der Waals surface area (Å²) in [5.74, 6) is -2.50. The zero-order chi connectivity index (χ0) is 24.0. The lowest BCUT2D eigenvalue weighted by Gasteiger charge is -2.09. The maximum Gasteiger partial charge on any atom is 0.340 e. The van der Waals surface area contributed by atoms with E-state index < -0.39 is 36.7 Å². The normalized spacial score (nSPS) is 10.4. The Labute approximate surface area is 199 Å². The molecule has 0 aliphatic heterocycles. The standard InChI is InChI=1S/C24H17Cl2NO6/c25-17-5-1-3-14(9-17)21(28)12-32-23(30)16-7-8-19(20(27)11-16)24(31)33-13-22(29)15-4-2-6-18(26)10-15/h1-11H,12-13,27H2. The van der Waals surface area contributed by atoms with Crippen LogP contribution in [0.4, 0.5) is 5.69 Å². The van der Waals surface area contributed by atoms with Crippen LogP contribution in [0.2, 0.25) is 10.0 Å². The monoisotopic (exact) mass is 485 g/mol. The molecule has 3 aromatic rings. The topological polar surface area (TPSA) is 113 Å². The third-order valence-electron chi connectivity index (χ3n) is 4.47. The van der Waals surface area contributed by atoms with Crippen LogP contribution in [-0.4, -0.2) is 36.7 Å². The lowest BCUT2D eigenvalue weighted by Crippen LogP contribution is -2.17. The summed E-state index contributed by atoms with van der Waals surface area (Å²) in [6.45, 7) is -0.998. The number of hydrogen-bond donors (Lipinski definition) is 1.